The van der Waals surface area contributed by atoms with E-state index in [0.717, 1.165) is 17.6 Å². The van der Waals surface area contributed by atoms with Gasteiger partial charge in [0.2, 0.25) is 0 Å². The van der Waals surface area contributed by atoms with Crippen molar-refractivity contribution in [2.45, 2.75) is 26.4 Å². The molecule has 0 amide bonds. The van der Waals surface area contributed by atoms with Crippen molar-refractivity contribution >= 4 is 0 Å². The van der Waals surface area contributed by atoms with Gasteiger partial charge in [-0.25, -0.2) is 8.78 Å². The van der Waals surface area contributed by atoms with E-state index in [9.17, 15) is 8.78 Å². The highest BCUT2D eigenvalue weighted by atomic mass is 19.2. The molecule has 2 nitrogen and oxygen atoms in total. The fourth-order valence-corrected chi connectivity index (χ4v) is 1.71. The van der Waals surface area contributed by atoms with Crippen LogP contribution in [0.4, 0.5) is 8.78 Å². The molecule has 0 aliphatic heterocycles. The van der Waals surface area contributed by atoms with E-state index in [4.69, 9.17) is 4.42 Å². The smallest absolute Gasteiger partial charge is 0.159 e. The summed E-state index contributed by atoms with van der Waals surface area (Å²) in [4.78, 5) is 0. The average Bonchev–Trinajstić information content (AvgIpc) is 2.77. The summed E-state index contributed by atoms with van der Waals surface area (Å²) in [7, 11) is 0. The monoisotopic (exact) mass is 251 g/mol. The molecule has 0 aliphatic carbocycles. The molecule has 96 valence electrons. The predicted molar refractivity (Wildman–Crippen MR) is 65.1 cm³/mol. The molecule has 1 N–H and O–H groups in total. The summed E-state index contributed by atoms with van der Waals surface area (Å²) < 4.78 is 31.2. The Morgan fingerprint density at radius 2 is 1.94 bits per heavy atom. The predicted octanol–water partition coefficient (Wildman–Crippen LogP) is 3.72. The lowest BCUT2D eigenvalue weighted by molar-refractivity contribution is 0.415. The molecule has 1 atom stereocenters. The average molecular weight is 251 g/mol. The van der Waals surface area contributed by atoms with Crippen LogP contribution in [-0.4, -0.2) is 0 Å². The van der Waals surface area contributed by atoms with Crippen LogP contribution in [0, 0.1) is 18.6 Å². The summed E-state index contributed by atoms with van der Waals surface area (Å²) in [6, 6.07) is 7.71. The number of halogens is 2. The summed E-state index contributed by atoms with van der Waals surface area (Å²) in [5.41, 5.74) is 0.698. The third-order valence-electron chi connectivity index (χ3n) is 2.78. The van der Waals surface area contributed by atoms with Crippen LogP contribution in [0.3, 0.4) is 0 Å². The van der Waals surface area contributed by atoms with Crippen molar-refractivity contribution < 1.29 is 13.2 Å². The van der Waals surface area contributed by atoms with Crippen LogP contribution in [0.5, 0.6) is 0 Å². The van der Waals surface area contributed by atoms with Gasteiger partial charge in [0.25, 0.3) is 0 Å². The maximum absolute atomic E-state index is 13.0. The molecule has 2 aromatic rings. The second kappa shape index (κ2) is 5.31. The Kier molecular flexibility index (Phi) is 3.77. The molecule has 0 fully saturated rings. The second-order valence-electron chi connectivity index (χ2n) is 4.30. The van der Waals surface area contributed by atoms with Gasteiger partial charge < -0.3 is 9.73 Å². The van der Waals surface area contributed by atoms with Crippen LogP contribution in [-0.2, 0) is 6.54 Å². The zero-order valence-corrected chi connectivity index (χ0v) is 10.3. The van der Waals surface area contributed by atoms with Gasteiger partial charge in [-0.3, -0.25) is 0 Å². The van der Waals surface area contributed by atoms with Gasteiger partial charge in [-0.2, -0.15) is 0 Å². The number of hydrogen-bond acceptors (Lipinski definition) is 2. The molecule has 0 radical (unpaired) electrons. The lowest BCUT2D eigenvalue weighted by atomic mass is 10.2. The van der Waals surface area contributed by atoms with Gasteiger partial charge in [0.15, 0.2) is 11.6 Å². The Morgan fingerprint density at radius 1 is 1.17 bits per heavy atom. The normalized spacial score (nSPS) is 12.7. The van der Waals surface area contributed by atoms with Crippen LogP contribution in [0.2, 0.25) is 0 Å². The van der Waals surface area contributed by atoms with Gasteiger partial charge in [0.05, 0.1) is 6.04 Å². The number of aryl methyl sites for hydroxylation is 1. The van der Waals surface area contributed by atoms with Crippen molar-refractivity contribution in [3.63, 3.8) is 0 Å². The Morgan fingerprint density at radius 3 is 2.56 bits per heavy atom. The highest BCUT2D eigenvalue weighted by Crippen LogP contribution is 2.16. The molecule has 1 unspecified atom stereocenters. The number of furan rings is 1. The van der Waals surface area contributed by atoms with Crippen LogP contribution in [0.25, 0.3) is 0 Å². The van der Waals surface area contributed by atoms with E-state index in [-0.39, 0.29) is 6.04 Å². The molecule has 0 saturated carbocycles. The SMILES string of the molecule is Cc1ccc(C(C)NCc2ccc(F)c(F)c2)o1. The molecule has 0 saturated heterocycles. The summed E-state index contributed by atoms with van der Waals surface area (Å²) >= 11 is 0. The van der Waals surface area contributed by atoms with E-state index in [0.29, 0.717) is 12.1 Å². The van der Waals surface area contributed by atoms with E-state index < -0.39 is 11.6 Å². The Hall–Kier alpha value is -1.68. The minimum Gasteiger partial charge on any atom is -0.465 e. The molecule has 4 heteroatoms. The van der Waals surface area contributed by atoms with Crippen molar-refractivity contribution in [3.8, 4) is 0 Å². The van der Waals surface area contributed by atoms with E-state index in [2.05, 4.69) is 5.32 Å². The summed E-state index contributed by atoms with van der Waals surface area (Å²) in [5.74, 6) is 0.0332. The first kappa shape index (κ1) is 12.8. The van der Waals surface area contributed by atoms with Crippen LogP contribution in [0.1, 0.15) is 30.0 Å². The molecule has 18 heavy (non-hydrogen) atoms. The minimum absolute atomic E-state index is 0.0202. The maximum atomic E-state index is 13.0. The van der Waals surface area contributed by atoms with Gasteiger partial charge in [-0.05, 0) is 43.7 Å². The lowest BCUT2D eigenvalue weighted by Crippen LogP contribution is -2.17. The molecular weight excluding hydrogens is 236 g/mol. The third-order valence-corrected chi connectivity index (χ3v) is 2.78. The van der Waals surface area contributed by atoms with E-state index >= 15 is 0 Å². The number of benzene rings is 1. The lowest BCUT2D eigenvalue weighted by Gasteiger charge is -2.11. The first-order chi connectivity index (χ1) is 8.56. The standard InChI is InChI=1S/C14H15F2NO/c1-9-3-6-14(18-9)10(2)17-8-11-4-5-12(15)13(16)7-11/h3-7,10,17H,8H2,1-2H3. The van der Waals surface area contributed by atoms with Crippen molar-refractivity contribution in [1.82, 2.24) is 5.32 Å². The quantitative estimate of drug-likeness (QED) is 0.896. The molecule has 1 aromatic heterocycles. The van der Waals surface area contributed by atoms with Crippen molar-refractivity contribution in [1.29, 1.82) is 0 Å². The van der Waals surface area contributed by atoms with E-state index in [1.54, 1.807) is 6.07 Å². The van der Waals surface area contributed by atoms with Crippen molar-refractivity contribution in [2.24, 2.45) is 0 Å². The maximum Gasteiger partial charge on any atom is 0.159 e. The number of nitrogens with one attached hydrogen (secondary N) is 1. The first-order valence-corrected chi connectivity index (χ1v) is 5.80. The van der Waals surface area contributed by atoms with E-state index in [1.807, 2.05) is 26.0 Å². The van der Waals surface area contributed by atoms with Crippen LogP contribution >= 0.6 is 0 Å². The number of hydrogen-bond donors (Lipinski definition) is 1. The van der Waals surface area contributed by atoms with Gasteiger partial charge in [0, 0.05) is 6.54 Å². The largest absolute Gasteiger partial charge is 0.465 e. The molecule has 0 spiro atoms. The zero-order chi connectivity index (χ0) is 13.1. The highest BCUT2D eigenvalue weighted by molar-refractivity contribution is 5.18. The van der Waals surface area contributed by atoms with Crippen LogP contribution in [0.15, 0.2) is 34.7 Å². The minimum atomic E-state index is -0.826. The van der Waals surface area contributed by atoms with Crippen molar-refractivity contribution in [2.75, 3.05) is 0 Å². The Labute approximate surface area is 105 Å². The van der Waals surface area contributed by atoms with Gasteiger partial charge >= 0.3 is 0 Å². The van der Waals surface area contributed by atoms with Gasteiger partial charge in [-0.1, -0.05) is 6.07 Å². The molecule has 1 heterocycles. The summed E-state index contributed by atoms with van der Waals surface area (Å²) in [6.07, 6.45) is 0. The Balaban J connectivity index is 1.97. The molecule has 2 rings (SSSR count). The summed E-state index contributed by atoms with van der Waals surface area (Å²) in [5, 5.41) is 3.19. The fraction of sp³-hybridized carbons (Fsp3) is 0.286. The van der Waals surface area contributed by atoms with Crippen molar-refractivity contribution in [3.05, 3.63) is 59.1 Å². The zero-order valence-electron chi connectivity index (χ0n) is 10.3. The fourth-order valence-electron chi connectivity index (χ4n) is 1.71. The van der Waals surface area contributed by atoms with Gasteiger partial charge in [-0.15, -0.1) is 0 Å². The van der Waals surface area contributed by atoms with Crippen LogP contribution < -0.4 is 5.32 Å². The number of rotatable bonds is 4. The second-order valence-corrected chi connectivity index (χ2v) is 4.30. The molecule has 0 bridgehead atoms. The highest BCUT2D eigenvalue weighted by Gasteiger charge is 2.09. The molecule has 0 aliphatic rings. The first-order valence-electron chi connectivity index (χ1n) is 5.80. The van der Waals surface area contributed by atoms with E-state index in [1.165, 1.54) is 6.07 Å². The topological polar surface area (TPSA) is 25.2 Å². The summed E-state index contributed by atoms with van der Waals surface area (Å²) in [6.45, 7) is 4.29. The van der Waals surface area contributed by atoms with Gasteiger partial charge in [0.1, 0.15) is 11.5 Å². The Bertz CT molecular complexity index is 536. The molecule has 1 aromatic carbocycles. The third kappa shape index (κ3) is 2.96. The molecular formula is C14H15F2NO.